The summed E-state index contributed by atoms with van der Waals surface area (Å²) in [7, 11) is 1.60. The number of pyridine rings is 1. The van der Waals surface area contributed by atoms with Crippen molar-refractivity contribution in [3.05, 3.63) is 42.1 Å². The van der Waals surface area contributed by atoms with E-state index in [9.17, 15) is 0 Å². The molecule has 5 nitrogen and oxygen atoms in total. The fourth-order valence-corrected chi connectivity index (χ4v) is 1.66. The Labute approximate surface area is 100 Å². The molecule has 5 heteroatoms. The highest BCUT2D eigenvalue weighted by atomic mass is 16.5. The van der Waals surface area contributed by atoms with Gasteiger partial charge in [-0.1, -0.05) is 6.07 Å². The maximum Gasteiger partial charge on any atom is 0.212 e. The van der Waals surface area contributed by atoms with Gasteiger partial charge < -0.3 is 15.0 Å². The van der Waals surface area contributed by atoms with E-state index in [0.29, 0.717) is 12.4 Å². The van der Waals surface area contributed by atoms with E-state index in [1.807, 2.05) is 23.6 Å². The zero-order valence-corrected chi connectivity index (χ0v) is 10.00. The van der Waals surface area contributed by atoms with Crippen LogP contribution in [0.25, 0.3) is 0 Å². The molecule has 0 spiro atoms. The molecule has 2 aromatic rings. The van der Waals surface area contributed by atoms with Crippen LogP contribution in [0.2, 0.25) is 0 Å². The van der Waals surface area contributed by atoms with Gasteiger partial charge in [-0.15, -0.1) is 0 Å². The van der Waals surface area contributed by atoms with E-state index in [4.69, 9.17) is 10.5 Å². The van der Waals surface area contributed by atoms with Crippen molar-refractivity contribution in [3.63, 3.8) is 0 Å². The molecule has 0 aliphatic heterocycles. The van der Waals surface area contributed by atoms with Crippen molar-refractivity contribution in [1.29, 1.82) is 0 Å². The van der Waals surface area contributed by atoms with Crippen LogP contribution in [0.5, 0.6) is 5.88 Å². The summed E-state index contributed by atoms with van der Waals surface area (Å²) >= 11 is 0. The molecule has 0 unspecified atom stereocenters. The van der Waals surface area contributed by atoms with Crippen molar-refractivity contribution in [3.8, 4) is 5.88 Å². The number of hydrogen-bond acceptors (Lipinski definition) is 4. The number of nitrogens with zero attached hydrogens (tertiary/aromatic N) is 3. The standard InChI is InChI=1S/C12H16N4O/c1-9(13)11-6-14-8-16(11)7-10-3-4-12(17-2)15-5-10/h3-6,8-9H,7,13H2,1-2H3/t9-/m1/s1. The molecule has 0 aromatic carbocycles. The lowest BCUT2D eigenvalue weighted by Gasteiger charge is -2.10. The van der Waals surface area contributed by atoms with E-state index in [1.165, 1.54) is 0 Å². The smallest absolute Gasteiger partial charge is 0.212 e. The SMILES string of the molecule is COc1ccc(Cn2cncc2[C@@H](C)N)cn1. The second-order valence-corrected chi connectivity index (χ2v) is 3.94. The largest absolute Gasteiger partial charge is 0.481 e. The Morgan fingerprint density at radius 3 is 2.82 bits per heavy atom. The highest BCUT2D eigenvalue weighted by molar-refractivity contribution is 5.19. The minimum absolute atomic E-state index is 0.0243. The number of rotatable bonds is 4. The van der Waals surface area contributed by atoms with Crippen LogP contribution in [-0.2, 0) is 6.54 Å². The van der Waals surface area contributed by atoms with Crippen molar-refractivity contribution in [2.75, 3.05) is 7.11 Å². The van der Waals surface area contributed by atoms with E-state index in [2.05, 4.69) is 9.97 Å². The topological polar surface area (TPSA) is 66.0 Å². The Morgan fingerprint density at radius 2 is 2.24 bits per heavy atom. The molecule has 90 valence electrons. The van der Waals surface area contributed by atoms with Gasteiger partial charge in [0.1, 0.15) is 0 Å². The summed E-state index contributed by atoms with van der Waals surface area (Å²) in [6.45, 7) is 2.66. The molecule has 0 saturated carbocycles. The van der Waals surface area contributed by atoms with Crippen molar-refractivity contribution in [2.24, 2.45) is 5.73 Å². The lowest BCUT2D eigenvalue weighted by atomic mass is 10.2. The first-order valence-corrected chi connectivity index (χ1v) is 5.45. The van der Waals surface area contributed by atoms with Gasteiger partial charge in [-0.3, -0.25) is 0 Å². The van der Waals surface area contributed by atoms with E-state index < -0.39 is 0 Å². The Kier molecular flexibility index (Phi) is 3.39. The molecule has 2 rings (SSSR count). The molecule has 0 radical (unpaired) electrons. The van der Waals surface area contributed by atoms with E-state index in [0.717, 1.165) is 11.3 Å². The Bertz CT molecular complexity index is 476. The summed E-state index contributed by atoms with van der Waals surface area (Å²) < 4.78 is 7.04. The van der Waals surface area contributed by atoms with E-state index in [1.54, 1.807) is 25.8 Å². The molecule has 2 heterocycles. The van der Waals surface area contributed by atoms with Gasteiger partial charge in [-0.25, -0.2) is 9.97 Å². The summed E-state index contributed by atoms with van der Waals surface area (Å²) in [4.78, 5) is 8.28. The summed E-state index contributed by atoms with van der Waals surface area (Å²) in [5.41, 5.74) is 7.97. The van der Waals surface area contributed by atoms with Crippen molar-refractivity contribution < 1.29 is 4.74 Å². The second kappa shape index (κ2) is 4.97. The third kappa shape index (κ3) is 2.62. The maximum absolute atomic E-state index is 5.86. The highest BCUT2D eigenvalue weighted by Gasteiger charge is 2.07. The second-order valence-electron chi connectivity index (χ2n) is 3.94. The summed E-state index contributed by atoms with van der Waals surface area (Å²) in [5, 5.41) is 0. The fourth-order valence-electron chi connectivity index (χ4n) is 1.66. The van der Waals surface area contributed by atoms with Crippen LogP contribution >= 0.6 is 0 Å². The van der Waals surface area contributed by atoms with E-state index >= 15 is 0 Å². The van der Waals surface area contributed by atoms with Crippen molar-refractivity contribution >= 4 is 0 Å². The molecule has 0 bridgehead atoms. The molecule has 0 saturated heterocycles. The van der Waals surface area contributed by atoms with Gasteiger partial charge in [0.25, 0.3) is 0 Å². The Hall–Kier alpha value is -1.88. The summed E-state index contributed by atoms with van der Waals surface area (Å²) in [6, 6.07) is 3.80. The maximum atomic E-state index is 5.86. The van der Waals surface area contributed by atoms with Crippen molar-refractivity contribution in [1.82, 2.24) is 14.5 Å². The molecule has 17 heavy (non-hydrogen) atoms. The minimum Gasteiger partial charge on any atom is -0.481 e. The fraction of sp³-hybridized carbons (Fsp3) is 0.333. The van der Waals surface area contributed by atoms with Crippen LogP contribution < -0.4 is 10.5 Å². The van der Waals surface area contributed by atoms with Gasteiger partial charge in [0.15, 0.2) is 0 Å². The number of hydrogen-bond donors (Lipinski definition) is 1. The van der Waals surface area contributed by atoms with Crippen LogP contribution in [0.4, 0.5) is 0 Å². The summed E-state index contributed by atoms with van der Waals surface area (Å²) in [5.74, 6) is 0.617. The van der Waals surface area contributed by atoms with Gasteiger partial charge in [-0.05, 0) is 12.5 Å². The lowest BCUT2D eigenvalue weighted by Crippen LogP contribution is -2.12. The minimum atomic E-state index is -0.0243. The molecule has 0 aliphatic rings. The van der Waals surface area contributed by atoms with Crippen LogP contribution in [0.15, 0.2) is 30.9 Å². The molecular weight excluding hydrogens is 216 g/mol. The third-order valence-electron chi connectivity index (χ3n) is 2.57. The van der Waals surface area contributed by atoms with Gasteiger partial charge in [0.05, 0.1) is 25.7 Å². The molecule has 1 atom stereocenters. The number of methoxy groups -OCH3 is 1. The molecule has 2 aromatic heterocycles. The average molecular weight is 232 g/mol. The first-order valence-electron chi connectivity index (χ1n) is 5.45. The predicted molar refractivity (Wildman–Crippen MR) is 64.7 cm³/mol. The molecule has 2 N–H and O–H groups in total. The van der Waals surface area contributed by atoms with Crippen LogP contribution in [-0.4, -0.2) is 21.6 Å². The number of nitrogens with two attached hydrogens (primary N) is 1. The average Bonchev–Trinajstić information content (AvgIpc) is 2.78. The normalized spacial score (nSPS) is 12.4. The first kappa shape index (κ1) is 11.6. The number of aromatic nitrogens is 3. The van der Waals surface area contributed by atoms with Crippen LogP contribution in [0.3, 0.4) is 0 Å². The van der Waals surface area contributed by atoms with Crippen molar-refractivity contribution in [2.45, 2.75) is 19.5 Å². The molecule has 0 fully saturated rings. The van der Waals surface area contributed by atoms with Crippen LogP contribution in [0, 0.1) is 0 Å². The monoisotopic (exact) mass is 232 g/mol. The van der Waals surface area contributed by atoms with Gasteiger partial charge in [0.2, 0.25) is 5.88 Å². The quantitative estimate of drug-likeness (QED) is 0.864. The first-order chi connectivity index (χ1) is 8.20. The Balaban J connectivity index is 2.16. The van der Waals surface area contributed by atoms with Crippen LogP contribution in [0.1, 0.15) is 24.2 Å². The third-order valence-corrected chi connectivity index (χ3v) is 2.57. The number of ether oxygens (including phenoxy) is 1. The van der Waals surface area contributed by atoms with Gasteiger partial charge >= 0.3 is 0 Å². The number of imidazole rings is 1. The molecule has 0 amide bonds. The highest BCUT2D eigenvalue weighted by Crippen LogP contribution is 2.12. The zero-order chi connectivity index (χ0) is 12.3. The zero-order valence-electron chi connectivity index (χ0n) is 10.00. The molecule has 0 aliphatic carbocycles. The lowest BCUT2D eigenvalue weighted by molar-refractivity contribution is 0.397. The Morgan fingerprint density at radius 1 is 1.41 bits per heavy atom. The van der Waals surface area contributed by atoms with Gasteiger partial charge in [0, 0.05) is 24.5 Å². The summed E-state index contributed by atoms with van der Waals surface area (Å²) in [6.07, 6.45) is 5.37. The molecular formula is C12H16N4O. The van der Waals surface area contributed by atoms with E-state index in [-0.39, 0.29) is 6.04 Å². The van der Waals surface area contributed by atoms with Gasteiger partial charge in [-0.2, -0.15) is 0 Å². The predicted octanol–water partition coefficient (Wildman–Crippen LogP) is 1.35.